The van der Waals surface area contributed by atoms with Crippen LogP contribution in [0.2, 0.25) is 0 Å². The summed E-state index contributed by atoms with van der Waals surface area (Å²) in [6.45, 7) is 6.20. The van der Waals surface area contributed by atoms with Crippen molar-refractivity contribution in [2.24, 2.45) is 5.73 Å². The molecule has 0 aromatic rings. The third kappa shape index (κ3) is 11.8. The molecule has 0 saturated heterocycles. The normalized spacial score (nSPS) is 13.9. The summed E-state index contributed by atoms with van der Waals surface area (Å²) in [7, 11) is 0. The molecule has 0 saturated carbocycles. The van der Waals surface area contributed by atoms with Gasteiger partial charge in [0.1, 0.15) is 6.04 Å². The maximum absolute atomic E-state index is 10.2. The maximum atomic E-state index is 10.2. The summed E-state index contributed by atoms with van der Waals surface area (Å²) in [6, 6.07) is -0.762. The smallest absolute Gasteiger partial charge is 0.320 e. The molecule has 80 valence electrons. The molecule has 0 aliphatic heterocycles. The summed E-state index contributed by atoms with van der Waals surface area (Å²) >= 11 is 4.12. The van der Waals surface area contributed by atoms with Crippen LogP contribution in [0, 0.1) is 0 Å². The Kier molecular flexibility index (Phi) is 11.6. The van der Waals surface area contributed by atoms with Crippen molar-refractivity contribution in [1.29, 1.82) is 0 Å². The number of carboxylic acids is 1. The van der Waals surface area contributed by atoms with Crippen molar-refractivity contribution in [3.05, 3.63) is 0 Å². The summed E-state index contributed by atoms with van der Waals surface area (Å²) < 4.78 is 0. The first kappa shape index (κ1) is 15.3. The van der Waals surface area contributed by atoms with Crippen LogP contribution < -0.4 is 5.73 Å². The van der Waals surface area contributed by atoms with Gasteiger partial charge in [-0.05, 0) is 12.8 Å². The molecule has 2 atom stereocenters. The lowest BCUT2D eigenvalue weighted by molar-refractivity contribution is -0.138. The van der Waals surface area contributed by atoms with Crippen LogP contribution in [0.1, 0.15) is 40.0 Å². The zero-order valence-electron chi connectivity index (χ0n) is 8.66. The number of hydrogen-bond acceptors (Lipinski definition) is 3. The molecule has 0 radical (unpaired) electrons. The quantitative estimate of drug-likeness (QED) is 0.617. The molecule has 0 spiro atoms. The Morgan fingerprint density at radius 3 is 2.08 bits per heavy atom. The Bertz CT molecular complexity index is 131. The average Bonchev–Trinajstić information content (AvgIpc) is 2.05. The van der Waals surface area contributed by atoms with E-state index < -0.39 is 12.0 Å². The Hall–Kier alpha value is -0.220. The molecule has 3 N–H and O–H groups in total. The van der Waals surface area contributed by atoms with Crippen LogP contribution in [0.5, 0.6) is 0 Å². The van der Waals surface area contributed by atoms with Crippen LogP contribution in [0.3, 0.4) is 0 Å². The van der Waals surface area contributed by atoms with Crippen LogP contribution >= 0.6 is 12.6 Å². The predicted molar refractivity (Wildman–Crippen MR) is 59.3 cm³/mol. The van der Waals surface area contributed by atoms with Gasteiger partial charge in [0, 0.05) is 5.25 Å². The monoisotopic (exact) mass is 207 g/mol. The van der Waals surface area contributed by atoms with Crippen molar-refractivity contribution >= 4 is 18.6 Å². The van der Waals surface area contributed by atoms with Crippen molar-refractivity contribution in [3.63, 3.8) is 0 Å². The van der Waals surface area contributed by atoms with Crippen LogP contribution in [0.15, 0.2) is 0 Å². The fraction of sp³-hybridized carbons (Fsp3) is 0.889. The standard InChI is InChI=1S/C6H13NO2S.C3H8/c1-2-4(10)3-5(7)6(8)9;1-3-2/h4-5,10H,2-3,7H2,1H3,(H,8,9);3H2,1-2H3. The van der Waals surface area contributed by atoms with Crippen LogP contribution in [-0.4, -0.2) is 22.4 Å². The number of hydrogen-bond donors (Lipinski definition) is 3. The molecule has 13 heavy (non-hydrogen) atoms. The molecule has 0 aliphatic rings. The molecule has 0 aliphatic carbocycles. The minimum atomic E-state index is -0.951. The molecule has 0 amide bonds. The molecule has 2 unspecified atom stereocenters. The highest BCUT2D eigenvalue weighted by Crippen LogP contribution is 2.07. The number of rotatable bonds is 4. The SMILES string of the molecule is CCC.CCC(S)CC(N)C(=O)O. The highest BCUT2D eigenvalue weighted by molar-refractivity contribution is 7.80. The second kappa shape index (κ2) is 9.86. The van der Waals surface area contributed by atoms with Crippen LogP contribution in [-0.2, 0) is 4.79 Å². The summed E-state index contributed by atoms with van der Waals surface area (Å²) in [4.78, 5) is 10.2. The average molecular weight is 207 g/mol. The van der Waals surface area contributed by atoms with Gasteiger partial charge in [-0.25, -0.2) is 0 Å². The summed E-state index contributed by atoms with van der Waals surface area (Å²) in [6.07, 6.45) is 2.54. The minimum absolute atomic E-state index is 0.103. The van der Waals surface area contributed by atoms with Gasteiger partial charge < -0.3 is 10.8 Å². The third-order valence-corrected chi connectivity index (χ3v) is 1.89. The zero-order chi connectivity index (χ0) is 10.9. The van der Waals surface area contributed by atoms with Gasteiger partial charge in [0.05, 0.1) is 0 Å². The molecule has 0 rings (SSSR count). The van der Waals surface area contributed by atoms with Crippen LogP contribution in [0.4, 0.5) is 0 Å². The number of aliphatic carboxylic acids is 1. The van der Waals surface area contributed by atoms with E-state index in [0.717, 1.165) is 6.42 Å². The minimum Gasteiger partial charge on any atom is -0.480 e. The van der Waals surface area contributed by atoms with E-state index in [1.165, 1.54) is 6.42 Å². The largest absolute Gasteiger partial charge is 0.480 e. The van der Waals surface area contributed by atoms with Crippen molar-refractivity contribution in [2.75, 3.05) is 0 Å². The Morgan fingerprint density at radius 1 is 1.46 bits per heavy atom. The molecule has 0 aromatic heterocycles. The molecule has 0 fully saturated rings. The van der Waals surface area contributed by atoms with E-state index >= 15 is 0 Å². The Balaban J connectivity index is 0. The number of nitrogens with two attached hydrogens (primary N) is 1. The lowest BCUT2D eigenvalue weighted by Crippen LogP contribution is -2.32. The molecule has 0 heterocycles. The highest BCUT2D eigenvalue weighted by atomic mass is 32.1. The van der Waals surface area contributed by atoms with E-state index in [1.807, 2.05) is 6.92 Å². The van der Waals surface area contributed by atoms with Crippen molar-refractivity contribution in [2.45, 2.75) is 51.3 Å². The predicted octanol–water partition coefficient (Wildman–Crippen LogP) is 1.91. The lowest BCUT2D eigenvalue weighted by Gasteiger charge is -2.10. The third-order valence-electron chi connectivity index (χ3n) is 1.31. The Morgan fingerprint density at radius 2 is 1.85 bits per heavy atom. The second-order valence-corrected chi connectivity index (χ2v) is 3.68. The van der Waals surface area contributed by atoms with E-state index in [1.54, 1.807) is 0 Å². The molecule has 3 nitrogen and oxygen atoms in total. The topological polar surface area (TPSA) is 63.3 Å². The van der Waals surface area contributed by atoms with E-state index in [-0.39, 0.29) is 5.25 Å². The number of carbonyl (C=O) groups is 1. The van der Waals surface area contributed by atoms with E-state index in [0.29, 0.717) is 6.42 Å². The van der Waals surface area contributed by atoms with Crippen molar-refractivity contribution < 1.29 is 9.90 Å². The first-order valence-electron chi connectivity index (χ1n) is 4.65. The van der Waals surface area contributed by atoms with Gasteiger partial charge in [-0.3, -0.25) is 4.79 Å². The van der Waals surface area contributed by atoms with Crippen molar-refractivity contribution in [3.8, 4) is 0 Å². The van der Waals surface area contributed by atoms with Gasteiger partial charge in [-0.2, -0.15) is 12.6 Å². The first-order valence-corrected chi connectivity index (χ1v) is 5.17. The molecule has 0 aromatic carbocycles. The van der Waals surface area contributed by atoms with E-state index in [9.17, 15) is 4.79 Å². The van der Waals surface area contributed by atoms with Gasteiger partial charge >= 0.3 is 5.97 Å². The van der Waals surface area contributed by atoms with Gasteiger partial charge in [0.2, 0.25) is 0 Å². The van der Waals surface area contributed by atoms with Gasteiger partial charge in [0.25, 0.3) is 0 Å². The molecular formula is C9H21NO2S. The Labute approximate surface area is 86.1 Å². The zero-order valence-corrected chi connectivity index (χ0v) is 9.55. The first-order chi connectivity index (χ1) is 5.99. The number of thiol groups is 1. The maximum Gasteiger partial charge on any atom is 0.320 e. The van der Waals surface area contributed by atoms with E-state index in [4.69, 9.17) is 10.8 Å². The lowest BCUT2D eigenvalue weighted by atomic mass is 10.1. The molecular weight excluding hydrogens is 186 g/mol. The fourth-order valence-electron chi connectivity index (χ4n) is 0.561. The van der Waals surface area contributed by atoms with Gasteiger partial charge in [0.15, 0.2) is 0 Å². The van der Waals surface area contributed by atoms with Crippen LogP contribution in [0.25, 0.3) is 0 Å². The summed E-state index contributed by atoms with van der Waals surface area (Å²) in [5.41, 5.74) is 5.24. The number of carboxylic acid groups (broad SMARTS) is 1. The molecule has 4 heteroatoms. The van der Waals surface area contributed by atoms with Gasteiger partial charge in [-0.1, -0.05) is 27.2 Å². The summed E-state index contributed by atoms with van der Waals surface area (Å²) in [5, 5.41) is 8.47. The van der Waals surface area contributed by atoms with Crippen molar-refractivity contribution in [1.82, 2.24) is 0 Å². The molecule has 0 bridgehead atoms. The van der Waals surface area contributed by atoms with E-state index in [2.05, 4.69) is 26.5 Å². The summed E-state index contributed by atoms with van der Waals surface area (Å²) in [5.74, 6) is -0.951. The van der Waals surface area contributed by atoms with Gasteiger partial charge in [-0.15, -0.1) is 0 Å². The fourth-order valence-corrected chi connectivity index (χ4v) is 0.788. The highest BCUT2D eigenvalue weighted by Gasteiger charge is 2.14. The second-order valence-electron chi connectivity index (χ2n) is 2.95.